The highest BCUT2D eigenvalue weighted by molar-refractivity contribution is 5.89. The van der Waals surface area contributed by atoms with Crippen molar-refractivity contribution in [1.82, 2.24) is 16.2 Å². The number of carbonyl (C=O) groups is 3. The average Bonchev–Trinajstić information content (AvgIpc) is 2.57. The minimum absolute atomic E-state index is 0.121. The SMILES string of the molecule is Cc1ccc(OCC(=O)NNC(=O)C(NC(=O)CC(C)C)C(C)C)cc1C. The summed E-state index contributed by atoms with van der Waals surface area (Å²) < 4.78 is 5.42. The number of ether oxygens (including phenoxy) is 1. The van der Waals surface area contributed by atoms with Crippen molar-refractivity contribution in [3.8, 4) is 5.75 Å². The van der Waals surface area contributed by atoms with Gasteiger partial charge in [-0.25, -0.2) is 0 Å². The molecule has 1 unspecified atom stereocenters. The third-order valence-corrected chi connectivity index (χ3v) is 4.03. The minimum Gasteiger partial charge on any atom is -0.484 e. The van der Waals surface area contributed by atoms with Crippen LogP contribution in [0.5, 0.6) is 5.75 Å². The lowest BCUT2D eigenvalue weighted by Gasteiger charge is -2.22. The van der Waals surface area contributed by atoms with Crippen LogP contribution in [-0.2, 0) is 14.4 Å². The molecule has 1 atom stereocenters. The normalized spacial score (nSPS) is 11.9. The molecule has 0 saturated heterocycles. The maximum atomic E-state index is 12.3. The summed E-state index contributed by atoms with van der Waals surface area (Å²) in [5, 5.41) is 2.71. The predicted octanol–water partition coefficient (Wildman–Crippen LogP) is 2.02. The highest BCUT2D eigenvalue weighted by Crippen LogP contribution is 2.16. The summed E-state index contributed by atoms with van der Waals surface area (Å²) in [7, 11) is 0. The summed E-state index contributed by atoms with van der Waals surface area (Å²) in [5.74, 6) is -0.490. The van der Waals surface area contributed by atoms with E-state index in [2.05, 4.69) is 16.2 Å². The van der Waals surface area contributed by atoms with E-state index >= 15 is 0 Å². The van der Waals surface area contributed by atoms with Crippen LogP contribution in [0.2, 0.25) is 0 Å². The Labute approximate surface area is 161 Å². The molecule has 0 aliphatic carbocycles. The van der Waals surface area contributed by atoms with Gasteiger partial charge in [0.05, 0.1) is 0 Å². The Bertz CT molecular complexity index is 671. The van der Waals surface area contributed by atoms with Crippen molar-refractivity contribution in [2.45, 2.75) is 54.0 Å². The minimum atomic E-state index is -0.725. The van der Waals surface area contributed by atoms with E-state index in [4.69, 9.17) is 4.74 Å². The summed E-state index contributed by atoms with van der Waals surface area (Å²) in [6.45, 7) is 11.2. The van der Waals surface area contributed by atoms with Gasteiger partial charge in [-0.2, -0.15) is 0 Å². The number of benzene rings is 1. The molecule has 0 spiro atoms. The first-order valence-electron chi connectivity index (χ1n) is 9.18. The van der Waals surface area contributed by atoms with Gasteiger partial charge in [-0.15, -0.1) is 0 Å². The monoisotopic (exact) mass is 377 g/mol. The van der Waals surface area contributed by atoms with Crippen molar-refractivity contribution in [2.75, 3.05) is 6.61 Å². The number of hydrogen-bond donors (Lipinski definition) is 3. The molecule has 150 valence electrons. The fraction of sp³-hybridized carbons (Fsp3) is 0.550. The second-order valence-corrected chi connectivity index (χ2v) is 7.46. The molecule has 1 rings (SSSR count). The first-order valence-corrected chi connectivity index (χ1v) is 9.18. The molecule has 1 aromatic rings. The molecule has 3 amide bonds. The molecule has 7 nitrogen and oxygen atoms in total. The predicted molar refractivity (Wildman–Crippen MR) is 104 cm³/mol. The topological polar surface area (TPSA) is 96.5 Å². The van der Waals surface area contributed by atoms with E-state index in [1.165, 1.54) is 0 Å². The van der Waals surface area contributed by atoms with E-state index in [-0.39, 0.29) is 24.3 Å². The Hall–Kier alpha value is -2.57. The van der Waals surface area contributed by atoms with Gasteiger partial charge >= 0.3 is 0 Å². The highest BCUT2D eigenvalue weighted by atomic mass is 16.5. The molecule has 0 bridgehead atoms. The van der Waals surface area contributed by atoms with Crippen molar-refractivity contribution in [3.63, 3.8) is 0 Å². The molecule has 27 heavy (non-hydrogen) atoms. The number of rotatable bonds is 8. The van der Waals surface area contributed by atoms with Crippen LogP contribution in [0.1, 0.15) is 45.2 Å². The van der Waals surface area contributed by atoms with Gasteiger partial charge < -0.3 is 10.1 Å². The first kappa shape index (κ1) is 22.5. The Morgan fingerprint density at radius 2 is 1.63 bits per heavy atom. The summed E-state index contributed by atoms with van der Waals surface area (Å²) in [4.78, 5) is 36.1. The third kappa shape index (κ3) is 8.11. The number of nitrogens with one attached hydrogen (secondary N) is 3. The lowest BCUT2D eigenvalue weighted by atomic mass is 10.0. The summed E-state index contributed by atoms with van der Waals surface area (Å²) in [5.41, 5.74) is 6.86. The van der Waals surface area contributed by atoms with E-state index in [1.54, 1.807) is 6.07 Å². The van der Waals surface area contributed by atoms with Gasteiger partial charge in [0.25, 0.3) is 11.8 Å². The van der Waals surface area contributed by atoms with Gasteiger partial charge in [0.2, 0.25) is 5.91 Å². The quantitative estimate of drug-likeness (QED) is 0.604. The molecular weight excluding hydrogens is 346 g/mol. The van der Waals surface area contributed by atoms with Gasteiger partial charge in [-0.1, -0.05) is 33.8 Å². The van der Waals surface area contributed by atoms with Crippen molar-refractivity contribution in [3.05, 3.63) is 29.3 Å². The first-order chi connectivity index (χ1) is 12.6. The Morgan fingerprint density at radius 1 is 0.963 bits per heavy atom. The lowest BCUT2D eigenvalue weighted by molar-refractivity contribution is -0.133. The van der Waals surface area contributed by atoms with Crippen LogP contribution < -0.4 is 20.9 Å². The van der Waals surface area contributed by atoms with Gasteiger partial charge in [0, 0.05) is 6.42 Å². The molecule has 1 aromatic carbocycles. The number of amides is 3. The number of hydrogen-bond acceptors (Lipinski definition) is 4. The fourth-order valence-corrected chi connectivity index (χ4v) is 2.34. The molecule has 0 aromatic heterocycles. The average molecular weight is 377 g/mol. The standard InChI is InChI=1S/C20H31N3O4/c1-12(2)9-17(24)21-19(13(3)4)20(26)23-22-18(25)11-27-16-8-7-14(5)15(6)10-16/h7-8,10,12-13,19H,9,11H2,1-6H3,(H,21,24)(H,22,25)(H,23,26). The zero-order valence-electron chi connectivity index (χ0n) is 17.0. The Kier molecular flexibility index (Phi) is 8.78. The van der Waals surface area contributed by atoms with Crippen LogP contribution in [0.3, 0.4) is 0 Å². The van der Waals surface area contributed by atoms with Crippen LogP contribution in [0.15, 0.2) is 18.2 Å². The number of hydrazine groups is 1. The largest absolute Gasteiger partial charge is 0.484 e. The molecule has 0 heterocycles. The van der Waals surface area contributed by atoms with E-state index in [0.29, 0.717) is 12.2 Å². The van der Waals surface area contributed by atoms with E-state index in [9.17, 15) is 14.4 Å². The van der Waals surface area contributed by atoms with Crippen molar-refractivity contribution >= 4 is 17.7 Å². The van der Waals surface area contributed by atoms with Crippen molar-refractivity contribution in [2.24, 2.45) is 11.8 Å². The van der Waals surface area contributed by atoms with Gasteiger partial charge in [-0.3, -0.25) is 25.2 Å². The Balaban J connectivity index is 2.48. The molecule has 0 aliphatic rings. The van der Waals surface area contributed by atoms with Crippen molar-refractivity contribution < 1.29 is 19.1 Å². The zero-order valence-corrected chi connectivity index (χ0v) is 17.0. The summed E-state index contributed by atoms with van der Waals surface area (Å²) in [6.07, 6.45) is 0.340. The van der Waals surface area contributed by atoms with Crippen LogP contribution in [0.4, 0.5) is 0 Å². The highest BCUT2D eigenvalue weighted by Gasteiger charge is 2.24. The van der Waals surface area contributed by atoms with Crippen LogP contribution in [0.25, 0.3) is 0 Å². The van der Waals surface area contributed by atoms with Gasteiger partial charge in [0.1, 0.15) is 11.8 Å². The molecule has 3 N–H and O–H groups in total. The molecule has 0 fully saturated rings. The Morgan fingerprint density at radius 3 is 2.19 bits per heavy atom. The fourth-order valence-electron chi connectivity index (χ4n) is 2.34. The molecule has 0 aliphatic heterocycles. The van der Waals surface area contributed by atoms with Crippen LogP contribution >= 0.6 is 0 Å². The third-order valence-electron chi connectivity index (χ3n) is 4.03. The molecule has 7 heteroatoms. The molecule has 0 radical (unpaired) electrons. The van der Waals surface area contributed by atoms with E-state index < -0.39 is 17.9 Å². The molecule has 0 saturated carbocycles. The van der Waals surface area contributed by atoms with Gasteiger partial charge in [0.15, 0.2) is 6.61 Å². The maximum Gasteiger partial charge on any atom is 0.276 e. The smallest absolute Gasteiger partial charge is 0.276 e. The van der Waals surface area contributed by atoms with E-state index in [0.717, 1.165) is 11.1 Å². The number of aryl methyl sites for hydroxylation is 2. The maximum absolute atomic E-state index is 12.3. The summed E-state index contributed by atoms with van der Waals surface area (Å²) >= 11 is 0. The lowest BCUT2D eigenvalue weighted by Crippen LogP contribution is -2.55. The van der Waals surface area contributed by atoms with Crippen LogP contribution in [0, 0.1) is 25.7 Å². The zero-order chi connectivity index (χ0) is 20.6. The second-order valence-electron chi connectivity index (χ2n) is 7.46. The second kappa shape index (κ2) is 10.5. The number of carbonyl (C=O) groups excluding carboxylic acids is 3. The van der Waals surface area contributed by atoms with Gasteiger partial charge in [-0.05, 0) is 48.9 Å². The molecular formula is C20H31N3O4. The van der Waals surface area contributed by atoms with Crippen LogP contribution in [-0.4, -0.2) is 30.4 Å². The summed E-state index contributed by atoms with van der Waals surface area (Å²) in [6, 6.07) is 4.82. The van der Waals surface area contributed by atoms with E-state index in [1.807, 2.05) is 53.7 Å². The van der Waals surface area contributed by atoms with Crippen molar-refractivity contribution in [1.29, 1.82) is 0 Å².